The highest BCUT2D eigenvalue weighted by atomic mass is 32.1. The zero-order chi connectivity index (χ0) is 59.7. The normalized spacial score (nSPS) is 30.1. The number of thiazole rings is 2. The van der Waals surface area contributed by atoms with E-state index in [4.69, 9.17) is 9.47 Å². The second kappa shape index (κ2) is 32.1. The van der Waals surface area contributed by atoms with Gasteiger partial charge in [0.05, 0.1) is 52.6 Å². The zero-order valence-corrected chi connectivity index (χ0v) is 49.9. The molecule has 0 saturated heterocycles. The smallest absolute Gasteiger partial charge is 0.412 e. The van der Waals surface area contributed by atoms with Gasteiger partial charge >= 0.3 is 24.3 Å². The second-order valence-electron chi connectivity index (χ2n) is 21.9. The fourth-order valence-corrected chi connectivity index (χ4v) is 10.2. The number of carbonyl (C=O) groups is 4. The van der Waals surface area contributed by atoms with E-state index in [0.717, 1.165) is 22.2 Å². The molecule has 0 fully saturated rings. The van der Waals surface area contributed by atoms with Crippen LogP contribution in [0.2, 0.25) is 0 Å². The summed E-state index contributed by atoms with van der Waals surface area (Å²) in [6, 6.07) is 0. The number of hydrogen-bond acceptors (Lipinski definition) is 12. The molecule has 448 valence electrons. The van der Waals surface area contributed by atoms with Crippen molar-refractivity contribution in [2.75, 3.05) is 7.18 Å². The number of aliphatic hydroxyl groups excluding tert-OH is 2. The van der Waals surface area contributed by atoms with Crippen LogP contribution in [0.4, 0.5) is 35.4 Å². The van der Waals surface area contributed by atoms with Crippen molar-refractivity contribution in [3.05, 3.63) is 90.9 Å². The number of Topliss-reactive ketones (excluding diaryl/α,β-unsaturated/α-hetero) is 2. The number of aliphatic hydroxyl groups is 2. The minimum Gasteiger partial charge on any atom is -0.457 e. The number of allylic oxidation sites excluding steroid dienone is 6. The molecule has 2 aromatic heterocycles. The molecule has 0 amide bonds. The standard InChI is InChI=1S/C30H42F3NO3S.C28H38F3NO5S.CH3F.FH.H2/c1-18-11-9-10-12-24(30(31,32)33)13-14-26(19(2)15-25-17-38-23(6)34-25)37-27(35)16-20(3)29(7,8)28(36)22(5)21(18)4;1-16-9-7-8-10-20(28(29,30)31)11-12-22(17(2)13-21-15-38-19(4)32-21)37-24(34)14-23(33)27(5,6)26(36)18(3)25(16)35;1-2;;/h9-10,13,15,17-18,20-22,26H,11-12,14,16H2,1-8H3;7-8,11,13,15-16,18,22-23,25,33,35H,9-10,12,14H2,1-6H3;1H3;2*1H/b10-9+,19-15+,24-13+;8-7+,17-13+,20-11+;;;/t18-,20-,21-,22+,26-;16-,18+,22-,23-,25-;;;/m00.../s1/i;;;;1+2. The van der Waals surface area contributed by atoms with E-state index in [9.17, 15) is 60.1 Å². The summed E-state index contributed by atoms with van der Waals surface area (Å²) in [5.41, 5.74) is -1.22. The molecule has 0 aliphatic carbocycles. The quantitative estimate of drug-likeness (QED) is 0.172. The molecular formula is C59H86F8N2O8S2. The molecule has 10 atom stereocenters. The van der Waals surface area contributed by atoms with Crippen molar-refractivity contribution in [2.45, 2.75) is 185 Å². The minimum absolute atomic E-state index is 0. The third-order valence-electron chi connectivity index (χ3n) is 15.3. The van der Waals surface area contributed by atoms with Crippen molar-refractivity contribution in [1.82, 2.24) is 9.97 Å². The minimum atomic E-state index is -4.59. The summed E-state index contributed by atoms with van der Waals surface area (Å²) in [6.45, 7) is 24.8. The van der Waals surface area contributed by atoms with Crippen molar-refractivity contribution in [3.63, 3.8) is 0 Å². The SMILES string of the molecule is C/C(=C\c1csc(C)n1)[C@@H]1C/C=C(/C(F)(F)F)C/C=C/C[C@H](C)[C@H](C)[C@@H](C)C(=O)C(C)(C)[C@@H](C)CC(=O)O1.C/C(=C\c1csc(C)n1)[C@@H]1C/C=C(/C(F)(F)F)C/C=C/C[C@H](C)[C@H](O)[C@@H](C)C(=O)C(C)(C)[C@@H](O)CC(=O)O1.CF.F.[3HH]. The van der Waals surface area contributed by atoms with Crippen LogP contribution in [0.1, 0.15) is 157 Å². The number of ketones is 2. The van der Waals surface area contributed by atoms with Crippen molar-refractivity contribution >= 4 is 58.3 Å². The number of esters is 2. The summed E-state index contributed by atoms with van der Waals surface area (Å²) >= 11 is 2.87. The second-order valence-corrected chi connectivity index (χ2v) is 24.1. The molecule has 2 aliphatic rings. The monoisotopic (exact) mass is 1170 g/mol. The largest absolute Gasteiger partial charge is 0.457 e. The number of halogens is 8. The number of alkyl halides is 7. The van der Waals surface area contributed by atoms with Crippen molar-refractivity contribution in [2.24, 2.45) is 46.3 Å². The summed E-state index contributed by atoms with van der Waals surface area (Å²) in [7, 11) is 0.500. The van der Waals surface area contributed by atoms with Crippen molar-refractivity contribution in [3.8, 4) is 0 Å². The van der Waals surface area contributed by atoms with Crippen LogP contribution >= 0.6 is 22.7 Å². The van der Waals surface area contributed by atoms with E-state index in [1.165, 1.54) is 42.6 Å². The molecule has 2 aromatic rings. The maximum atomic E-state index is 13.8. The van der Waals surface area contributed by atoms with Crippen LogP contribution in [0.3, 0.4) is 0 Å². The van der Waals surface area contributed by atoms with Crippen LogP contribution in [0.5, 0.6) is 0 Å². The Morgan fingerprint density at radius 1 is 0.633 bits per heavy atom. The molecule has 20 heteroatoms. The summed E-state index contributed by atoms with van der Waals surface area (Å²) in [5, 5.41) is 26.8. The van der Waals surface area contributed by atoms with E-state index in [1.54, 1.807) is 63.5 Å². The summed E-state index contributed by atoms with van der Waals surface area (Å²) < 4.78 is 104. The number of aromatic nitrogens is 2. The Bertz CT molecular complexity index is 2320. The number of ether oxygens (including phenoxy) is 2. The first-order valence-corrected chi connectivity index (χ1v) is 28.1. The van der Waals surface area contributed by atoms with Crippen LogP contribution < -0.4 is 0 Å². The first-order chi connectivity index (χ1) is 36.1. The Kier molecular flexibility index (Phi) is 29.4. The maximum absolute atomic E-state index is 13.8. The van der Waals surface area contributed by atoms with Crippen molar-refractivity contribution < 1.29 is 75.7 Å². The molecule has 2 N–H and O–H groups in total. The molecule has 2 aliphatic heterocycles. The molecular weight excluding hydrogens is 1080 g/mol. The molecule has 0 radical (unpaired) electrons. The van der Waals surface area contributed by atoms with Gasteiger partial charge < -0.3 is 19.7 Å². The van der Waals surface area contributed by atoms with Crippen LogP contribution in [0.25, 0.3) is 12.2 Å². The first-order valence-electron chi connectivity index (χ1n) is 26.3. The first kappa shape index (κ1) is 72.4. The van der Waals surface area contributed by atoms with Crippen LogP contribution in [0, 0.1) is 60.2 Å². The molecule has 4 heterocycles. The average molecular weight is 1170 g/mol. The topological polar surface area (TPSA) is 153 Å². The van der Waals surface area contributed by atoms with Gasteiger partial charge in [0.15, 0.2) is 0 Å². The molecule has 4 rings (SSSR count). The predicted octanol–water partition coefficient (Wildman–Crippen LogP) is 15.5. The van der Waals surface area contributed by atoms with E-state index < -0.39 is 94.7 Å². The van der Waals surface area contributed by atoms with Crippen LogP contribution in [-0.4, -0.2) is 87.6 Å². The fraction of sp³-hybridized carbons (Fsp3) is 0.627. The van der Waals surface area contributed by atoms with Gasteiger partial charge in [0.1, 0.15) is 23.8 Å². The van der Waals surface area contributed by atoms with Crippen molar-refractivity contribution in [1.29, 1.82) is 0 Å². The fourth-order valence-electron chi connectivity index (χ4n) is 9.02. The molecule has 79 heavy (non-hydrogen) atoms. The summed E-state index contributed by atoms with van der Waals surface area (Å²) in [5.74, 6) is -3.42. The number of nitrogens with zero attached hydrogens (tertiary/aromatic N) is 2. The van der Waals surface area contributed by atoms with Gasteiger partial charge in [-0.3, -0.25) is 28.3 Å². The number of cyclic esters (lactones) is 2. The number of hydrogen-bond donors (Lipinski definition) is 2. The molecule has 10 nitrogen and oxygen atoms in total. The highest BCUT2D eigenvalue weighted by Gasteiger charge is 2.43. The van der Waals surface area contributed by atoms with Crippen LogP contribution in [-0.2, 0) is 28.7 Å². The maximum Gasteiger partial charge on any atom is 0.412 e. The summed E-state index contributed by atoms with van der Waals surface area (Å²) in [6.07, 6.45) is -2.36. The van der Waals surface area contributed by atoms with Gasteiger partial charge in [0, 0.05) is 59.8 Å². The van der Waals surface area contributed by atoms with Gasteiger partial charge in [-0.25, -0.2) is 9.97 Å². The van der Waals surface area contributed by atoms with E-state index in [-0.39, 0.29) is 74.1 Å². The summed E-state index contributed by atoms with van der Waals surface area (Å²) in [4.78, 5) is 61.3. The lowest BCUT2D eigenvalue weighted by Crippen LogP contribution is -2.45. The van der Waals surface area contributed by atoms with E-state index in [1.807, 2.05) is 60.8 Å². The molecule has 0 spiro atoms. The average Bonchev–Trinajstić information content (AvgIpc) is 3.97. The Labute approximate surface area is 471 Å². The van der Waals surface area contributed by atoms with Gasteiger partial charge in [-0.2, -0.15) is 26.3 Å². The Morgan fingerprint density at radius 2 is 1.03 bits per heavy atom. The van der Waals surface area contributed by atoms with E-state index in [0.29, 0.717) is 36.1 Å². The predicted molar refractivity (Wildman–Crippen MR) is 300 cm³/mol. The zero-order valence-electron chi connectivity index (χ0n) is 48.3. The highest BCUT2D eigenvalue weighted by molar-refractivity contribution is 7.09. The molecule has 0 aromatic carbocycles. The lowest BCUT2D eigenvalue weighted by atomic mass is 9.67. The van der Waals surface area contributed by atoms with Gasteiger partial charge in [0.2, 0.25) is 0 Å². The van der Waals surface area contributed by atoms with Gasteiger partial charge in [-0.05, 0) is 100 Å². The number of aryl methyl sites for hydroxylation is 2. The Hall–Kier alpha value is -4.66. The third kappa shape index (κ3) is 22.3. The Balaban J connectivity index is 0.00000148. The van der Waals surface area contributed by atoms with Gasteiger partial charge in [-0.15, -0.1) is 22.7 Å². The molecule has 0 bridgehead atoms. The number of rotatable bonds is 4. The molecule has 0 unspecified atom stereocenters. The van der Waals surface area contributed by atoms with Crippen LogP contribution in [0.15, 0.2) is 69.5 Å². The Morgan fingerprint density at radius 3 is 1.42 bits per heavy atom. The highest BCUT2D eigenvalue weighted by Crippen LogP contribution is 2.39. The van der Waals surface area contributed by atoms with E-state index >= 15 is 0 Å². The lowest BCUT2D eigenvalue weighted by Gasteiger charge is -2.35. The van der Waals surface area contributed by atoms with Gasteiger partial charge in [-0.1, -0.05) is 106 Å². The van der Waals surface area contributed by atoms with E-state index in [2.05, 4.69) is 9.97 Å². The third-order valence-corrected chi connectivity index (χ3v) is 16.9. The molecule has 0 saturated carbocycles. The lowest BCUT2D eigenvalue weighted by molar-refractivity contribution is -0.154. The number of carbonyl (C=O) groups excluding carboxylic acids is 4. The van der Waals surface area contributed by atoms with Gasteiger partial charge in [0.25, 0.3) is 0 Å².